The first kappa shape index (κ1) is 25.3. The average molecular weight is 570 g/mol. The second kappa shape index (κ2) is 9.30. The van der Waals surface area contributed by atoms with Gasteiger partial charge in [-0.2, -0.15) is 0 Å². The number of benzene rings is 3. The number of aliphatic hydroxyl groups is 1. The zero-order valence-corrected chi connectivity index (χ0v) is 23.5. The van der Waals surface area contributed by atoms with Crippen molar-refractivity contribution in [3.63, 3.8) is 0 Å². The van der Waals surface area contributed by atoms with E-state index in [9.17, 15) is 9.90 Å². The Hall–Kier alpha value is -4.41. The zero-order chi connectivity index (χ0) is 28.6. The van der Waals surface area contributed by atoms with Crippen molar-refractivity contribution in [3.8, 4) is 28.7 Å². The Kier molecular flexibility index (Phi) is 5.61. The molecule has 1 N–H and O–H groups in total. The molecule has 1 atom stereocenters. The van der Waals surface area contributed by atoms with E-state index in [1.165, 1.54) is 5.56 Å². The lowest BCUT2D eigenvalue weighted by Crippen LogP contribution is -2.67. The number of fused-ring (bicyclic) bond motifs is 6. The molecular formula is C32H31N3O7. The topological polar surface area (TPSA) is 94.9 Å². The highest BCUT2D eigenvalue weighted by Crippen LogP contribution is 2.50. The standard InChI is InChI=1S/C32H31N3O7/c1-33-23-11-21(38-2)5-6-22(23)29-30(33)24(13-36)34(12-19-3-7-25-27(9-19)41-17-39-25)14-32(29)15-35(16-32)31(37)20-4-8-26-28(10-20)42-18-40-26/h3-11,24,36H,12-18H2,1-2H3/t24-/m1/s1. The lowest BCUT2D eigenvalue weighted by atomic mass is 9.68. The number of ether oxygens (including phenoxy) is 5. The molecule has 0 saturated carbocycles. The molecule has 4 aliphatic rings. The van der Waals surface area contributed by atoms with Crippen LogP contribution < -0.4 is 23.7 Å². The van der Waals surface area contributed by atoms with Crippen LogP contribution in [0.4, 0.5) is 0 Å². The lowest BCUT2D eigenvalue weighted by molar-refractivity contribution is -0.00371. The van der Waals surface area contributed by atoms with Gasteiger partial charge in [-0.1, -0.05) is 6.07 Å². The Bertz CT molecular complexity index is 1740. The van der Waals surface area contributed by atoms with E-state index < -0.39 is 0 Å². The first-order valence-corrected chi connectivity index (χ1v) is 14.1. The van der Waals surface area contributed by atoms with Gasteiger partial charge in [0, 0.05) is 61.4 Å². The van der Waals surface area contributed by atoms with Gasteiger partial charge in [-0.3, -0.25) is 9.69 Å². The number of methoxy groups -OCH3 is 1. The van der Waals surface area contributed by atoms with Crippen molar-refractivity contribution in [2.75, 3.05) is 46.9 Å². The fourth-order valence-electron chi connectivity index (χ4n) is 7.20. The molecule has 216 valence electrons. The normalized spacial score (nSPS) is 19.7. The van der Waals surface area contributed by atoms with Crippen molar-refractivity contribution in [1.29, 1.82) is 0 Å². The summed E-state index contributed by atoms with van der Waals surface area (Å²) in [5.41, 5.74) is 4.67. The molecule has 5 heterocycles. The van der Waals surface area contributed by atoms with E-state index in [2.05, 4.69) is 22.6 Å². The third kappa shape index (κ3) is 3.68. The van der Waals surface area contributed by atoms with Gasteiger partial charge >= 0.3 is 0 Å². The van der Waals surface area contributed by atoms with Gasteiger partial charge in [0.05, 0.1) is 25.3 Å². The fraction of sp³-hybridized carbons (Fsp3) is 0.344. The van der Waals surface area contributed by atoms with E-state index in [0.717, 1.165) is 39.4 Å². The number of aliphatic hydroxyl groups excluding tert-OH is 1. The number of nitrogens with zero attached hydrogens (tertiary/aromatic N) is 3. The maximum absolute atomic E-state index is 13.6. The van der Waals surface area contributed by atoms with Crippen LogP contribution in [0.15, 0.2) is 54.6 Å². The SMILES string of the molecule is COc1ccc2c3c(n(C)c2c1)[C@@H](CO)N(Cc1ccc2c(c1)OCO2)CC31CN(C(=O)c2ccc3c(c2)OCO3)C1. The van der Waals surface area contributed by atoms with E-state index >= 15 is 0 Å². The van der Waals surface area contributed by atoms with E-state index in [1.54, 1.807) is 25.3 Å². The minimum Gasteiger partial charge on any atom is -0.497 e. The third-order valence-corrected chi connectivity index (χ3v) is 9.13. The maximum Gasteiger partial charge on any atom is 0.254 e. The van der Waals surface area contributed by atoms with E-state index in [0.29, 0.717) is 43.2 Å². The number of rotatable bonds is 5. The summed E-state index contributed by atoms with van der Waals surface area (Å²) in [6, 6.07) is 17.3. The van der Waals surface area contributed by atoms with Crippen molar-refractivity contribution in [1.82, 2.24) is 14.4 Å². The fourth-order valence-corrected chi connectivity index (χ4v) is 7.20. The van der Waals surface area contributed by atoms with Crippen molar-refractivity contribution >= 4 is 16.8 Å². The molecule has 10 nitrogen and oxygen atoms in total. The molecule has 0 bridgehead atoms. The van der Waals surface area contributed by atoms with Crippen molar-refractivity contribution in [2.45, 2.75) is 18.0 Å². The van der Waals surface area contributed by atoms with Crippen molar-refractivity contribution in [2.24, 2.45) is 7.05 Å². The number of amides is 1. The third-order valence-electron chi connectivity index (χ3n) is 9.13. The molecule has 3 aromatic carbocycles. The minimum atomic E-state index is -0.308. The van der Waals surface area contributed by atoms with Crippen LogP contribution in [0.3, 0.4) is 0 Å². The van der Waals surface area contributed by atoms with Crippen LogP contribution in [0.5, 0.6) is 28.7 Å². The molecule has 1 fully saturated rings. The molecule has 1 saturated heterocycles. The highest BCUT2D eigenvalue weighted by Gasteiger charge is 2.54. The number of carbonyl (C=O) groups excluding carboxylic acids is 1. The molecule has 42 heavy (non-hydrogen) atoms. The number of likely N-dealkylation sites (tertiary alicyclic amines) is 1. The molecule has 10 heteroatoms. The molecule has 0 unspecified atom stereocenters. The molecule has 1 amide bonds. The first-order valence-electron chi connectivity index (χ1n) is 14.1. The number of carbonyl (C=O) groups is 1. The van der Waals surface area contributed by atoms with Gasteiger partial charge in [-0.15, -0.1) is 0 Å². The van der Waals surface area contributed by atoms with Gasteiger partial charge in [0.15, 0.2) is 23.0 Å². The Balaban J connectivity index is 1.18. The van der Waals surface area contributed by atoms with Crippen molar-refractivity contribution in [3.05, 3.63) is 77.0 Å². The summed E-state index contributed by atoms with van der Waals surface area (Å²) in [6.45, 7) is 2.79. The highest BCUT2D eigenvalue weighted by molar-refractivity contribution is 5.96. The molecule has 1 aromatic heterocycles. The van der Waals surface area contributed by atoms with E-state index in [4.69, 9.17) is 23.7 Å². The number of aromatic nitrogens is 1. The van der Waals surface area contributed by atoms with Gasteiger partial charge in [-0.05, 0) is 53.6 Å². The Morgan fingerprint density at radius 1 is 0.929 bits per heavy atom. The van der Waals surface area contributed by atoms with Gasteiger partial charge in [0.25, 0.3) is 5.91 Å². The van der Waals surface area contributed by atoms with Crippen LogP contribution in [-0.4, -0.2) is 72.3 Å². The molecule has 8 rings (SSSR count). The summed E-state index contributed by atoms with van der Waals surface area (Å²) in [5, 5.41) is 11.9. The maximum atomic E-state index is 13.6. The molecule has 0 aliphatic carbocycles. The average Bonchev–Trinajstić information content (AvgIpc) is 3.73. The van der Waals surface area contributed by atoms with E-state index in [-0.39, 0.29) is 37.6 Å². The number of hydrogen-bond donors (Lipinski definition) is 1. The molecule has 4 aliphatic heterocycles. The predicted molar refractivity (Wildman–Crippen MR) is 152 cm³/mol. The second-order valence-electron chi connectivity index (χ2n) is 11.5. The summed E-state index contributed by atoms with van der Waals surface area (Å²) in [6.07, 6.45) is 0. The highest BCUT2D eigenvalue weighted by atomic mass is 16.7. The smallest absolute Gasteiger partial charge is 0.254 e. The monoisotopic (exact) mass is 569 g/mol. The van der Waals surface area contributed by atoms with Crippen LogP contribution in [0.1, 0.15) is 33.2 Å². The Morgan fingerprint density at radius 2 is 1.64 bits per heavy atom. The number of aryl methyl sites for hydroxylation is 1. The minimum absolute atomic E-state index is 0.0330. The lowest BCUT2D eigenvalue weighted by Gasteiger charge is -2.56. The van der Waals surface area contributed by atoms with Crippen LogP contribution >= 0.6 is 0 Å². The van der Waals surface area contributed by atoms with Crippen LogP contribution in [0.2, 0.25) is 0 Å². The molecule has 1 spiro atoms. The predicted octanol–water partition coefficient (Wildman–Crippen LogP) is 3.59. The molecular weight excluding hydrogens is 538 g/mol. The summed E-state index contributed by atoms with van der Waals surface area (Å²) in [7, 11) is 3.72. The van der Waals surface area contributed by atoms with Gasteiger partial charge in [-0.25, -0.2) is 0 Å². The second-order valence-corrected chi connectivity index (χ2v) is 11.5. The van der Waals surface area contributed by atoms with Crippen LogP contribution in [-0.2, 0) is 19.0 Å². The summed E-state index contributed by atoms with van der Waals surface area (Å²) < 4.78 is 29.8. The van der Waals surface area contributed by atoms with Crippen LogP contribution in [0, 0.1) is 0 Å². The summed E-state index contributed by atoms with van der Waals surface area (Å²) >= 11 is 0. The summed E-state index contributed by atoms with van der Waals surface area (Å²) in [4.78, 5) is 17.9. The number of hydrogen-bond acceptors (Lipinski definition) is 8. The zero-order valence-electron chi connectivity index (χ0n) is 23.5. The van der Waals surface area contributed by atoms with Crippen molar-refractivity contribution < 1.29 is 33.6 Å². The van der Waals surface area contributed by atoms with Gasteiger partial charge in [0.2, 0.25) is 13.6 Å². The quantitative estimate of drug-likeness (QED) is 0.390. The molecule has 4 aromatic rings. The summed E-state index contributed by atoms with van der Waals surface area (Å²) in [5.74, 6) is 3.48. The van der Waals surface area contributed by atoms with Gasteiger partial charge in [0.1, 0.15) is 5.75 Å². The Morgan fingerprint density at radius 3 is 2.38 bits per heavy atom. The van der Waals surface area contributed by atoms with E-state index in [1.807, 2.05) is 35.2 Å². The Labute approximate surface area is 242 Å². The first-order chi connectivity index (χ1) is 20.5. The largest absolute Gasteiger partial charge is 0.497 e. The van der Waals surface area contributed by atoms with Crippen LogP contribution in [0.25, 0.3) is 10.9 Å². The molecule has 0 radical (unpaired) electrons. The van der Waals surface area contributed by atoms with Gasteiger partial charge < -0.3 is 38.3 Å².